The molecule has 1 saturated heterocycles. The number of hydrogen-bond acceptors (Lipinski definition) is 3. The largest absolute Gasteiger partial charge is 0.435 e. The molecule has 1 aliphatic heterocycles. The van der Waals surface area contributed by atoms with Gasteiger partial charge in [0.15, 0.2) is 0 Å². The monoisotopic (exact) mass is 285 g/mol. The van der Waals surface area contributed by atoms with E-state index in [0.717, 1.165) is 18.5 Å². The zero-order valence-electron chi connectivity index (χ0n) is 11.8. The van der Waals surface area contributed by atoms with Gasteiger partial charge in [0.2, 0.25) is 0 Å². The highest BCUT2D eigenvalue weighted by Gasteiger charge is 2.22. The Labute approximate surface area is 118 Å². The van der Waals surface area contributed by atoms with Gasteiger partial charge in [-0.1, -0.05) is 26.0 Å². The summed E-state index contributed by atoms with van der Waals surface area (Å²) in [6.07, 6.45) is 1.06. The molecule has 0 radical (unpaired) electrons. The van der Waals surface area contributed by atoms with Crippen LogP contribution < -0.4 is 10.1 Å². The minimum absolute atomic E-state index is 0.0287. The summed E-state index contributed by atoms with van der Waals surface area (Å²) in [7, 11) is 0. The van der Waals surface area contributed by atoms with E-state index in [-0.39, 0.29) is 11.9 Å². The normalized spacial score (nSPS) is 23.3. The zero-order valence-corrected chi connectivity index (χ0v) is 11.8. The summed E-state index contributed by atoms with van der Waals surface area (Å²) < 4.78 is 34.3. The number of ether oxygens (including phenoxy) is 2. The lowest BCUT2D eigenvalue weighted by molar-refractivity contribution is -0.0499. The fourth-order valence-electron chi connectivity index (χ4n) is 2.42. The summed E-state index contributed by atoms with van der Waals surface area (Å²) >= 11 is 0. The van der Waals surface area contributed by atoms with Gasteiger partial charge in [-0.05, 0) is 30.0 Å². The Morgan fingerprint density at radius 2 is 2.00 bits per heavy atom. The van der Waals surface area contributed by atoms with Crippen LogP contribution in [0.5, 0.6) is 5.75 Å². The number of rotatable bonds is 5. The fraction of sp³-hybridized carbons (Fsp3) is 0.600. The lowest BCUT2D eigenvalue weighted by Gasteiger charge is -2.31. The number of alkyl halides is 2. The first-order chi connectivity index (χ1) is 9.54. The molecule has 0 aromatic heterocycles. The van der Waals surface area contributed by atoms with Gasteiger partial charge in [-0.25, -0.2) is 0 Å². The lowest BCUT2D eigenvalue weighted by Crippen LogP contribution is -2.43. The van der Waals surface area contributed by atoms with Gasteiger partial charge in [0.1, 0.15) is 5.75 Å². The van der Waals surface area contributed by atoms with Crippen LogP contribution in [-0.2, 0) is 4.74 Å². The van der Waals surface area contributed by atoms with Gasteiger partial charge in [-0.15, -0.1) is 0 Å². The molecule has 1 aromatic carbocycles. The number of hydrogen-bond donors (Lipinski definition) is 1. The lowest BCUT2D eigenvalue weighted by atomic mass is 10.0. The van der Waals surface area contributed by atoms with Crippen molar-refractivity contribution in [1.29, 1.82) is 0 Å². The molecule has 0 bridgehead atoms. The Hall–Kier alpha value is -1.20. The average Bonchev–Trinajstić information content (AvgIpc) is 2.39. The molecule has 3 nitrogen and oxygen atoms in total. The summed E-state index contributed by atoms with van der Waals surface area (Å²) in [5.41, 5.74) is 0.974. The topological polar surface area (TPSA) is 30.5 Å². The summed E-state index contributed by atoms with van der Waals surface area (Å²) in [5.74, 6) is 0.809. The molecule has 1 heterocycles. The summed E-state index contributed by atoms with van der Waals surface area (Å²) in [6.45, 7) is 3.01. The summed E-state index contributed by atoms with van der Waals surface area (Å²) in [6, 6.07) is 7.03. The maximum atomic E-state index is 12.1. The van der Waals surface area contributed by atoms with Crippen LogP contribution in [0.25, 0.3) is 0 Å². The van der Waals surface area contributed by atoms with Crippen molar-refractivity contribution in [3.63, 3.8) is 0 Å². The predicted octanol–water partition coefficient (Wildman–Crippen LogP) is 3.36. The molecular formula is C15H21F2NO2. The van der Waals surface area contributed by atoms with Gasteiger partial charge in [0.05, 0.1) is 12.7 Å². The summed E-state index contributed by atoms with van der Waals surface area (Å²) in [4.78, 5) is 0. The molecule has 0 amide bonds. The quantitative estimate of drug-likeness (QED) is 0.900. The van der Waals surface area contributed by atoms with Crippen molar-refractivity contribution in [3.8, 4) is 5.75 Å². The first-order valence-electron chi connectivity index (χ1n) is 6.94. The fourth-order valence-corrected chi connectivity index (χ4v) is 2.42. The molecule has 2 unspecified atom stereocenters. The average molecular weight is 285 g/mol. The molecule has 2 atom stereocenters. The van der Waals surface area contributed by atoms with Crippen molar-refractivity contribution in [2.75, 3.05) is 13.2 Å². The number of halogens is 2. The third-order valence-electron chi connectivity index (χ3n) is 3.32. The van der Waals surface area contributed by atoms with Crippen molar-refractivity contribution >= 4 is 0 Å². The van der Waals surface area contributed by atoms with Crippen LogP contribution in [0.3, 0.4) is 0 Å². The van der Waals surface area contributed by atoms with Crippen molar-refractivity contribution < 1.29 is 18.3 Å². The van der Waals surface area contributed by atoms with Gasteiger partial charge < -0.3 is 14.8 Å². The van der Waals surface area contributed by atoms with Crippen LogP contribution in [0, 0.1) is 5.92 Å². The molecule has 1 N–H and O–H groups in total. The highest BCUT2D eigenvalue weighted by molar-refractivity contribution is 5.29. The van der Waals surface area contributed by atoms with Crippen molar-refractivity contribution in [3.05, 3.63) is 29.8 Å². The van der Waals surface area contributed by atoms with Gasteiger partial charge in [0.25, 0.3) is 0 Å². The van der Waals surface area contributed by atoms with Crippen molar-refractivity contribution in [2.24, 2.45) is 5.92 Å². The highest BCUT2D eigenvalue weighted by atomic mass is 19.3. The van der Waals surface area contributed by atoms with E-state index in [0.29, 0.717) is 18.6 Å². The van der Waals surface area contributed by atoms with Gasteiger partial charge in [0, 0.05) is 12.6 Å². The molecule has 1 fully saturated rings. The first-order valence-corrected chi connectivity index (χ1v) is 6.94. The van der Waals surface area contributed by atoms with E-state index in [1.165, 1.54) is 0 Å². The molecule has 0 aliphatic carbocycles. The van der Waals surface area contributed by atoms with E-state index in [1.807, 2.05) is 0 Å². The van der Waals surface area contributed by atoms with Gasteiger partial charge in [-0.3, -0.25) is 0 Å². The molecule has 2 rings (SSSR count). The molecule has 0 saturated carbocycles. The van der Waals surface area contributed by atoms with E-state index in [1.54, 1.807) is 24.3 Å². The van der Waals surface area contributed by atoms with Crippen LogP contribution in [0.15, 0.2) is 24.3 Å². The third-order valence-corrected chi connectivity index (χ3v) is 3.32. The van der Waals surface area contributed by atoms with Crippen LogP contribution in [0.2, 0.25) is 0 Å². The second kappa shape index (κ2) is 6.99. The Morgan fingerprint density at radius 3 is 2.50 bits per heavy atom. The summed E-state index contributed by atoms with van der Waals surface area (Å²) in [5, 5.41) is 3.47. The standard InChI is InChI=1S/C15H21F2NO2/c1-10(2)7-12-9-19-14(8-18-12)11-3-5-13(6-4-11)20-15(16)17/h3-6,10,12,14-15,18H,7-9H2,1-2H3. The Bertz CT molecular complexity index is 401. The SMILES string of the molecule is CC(C)CC1COC(c2ccc(OC(F)F)cc2)CN1. The van der Waals surface area contributed by atoms with E-state index < -0.39 is 6.61 Å². The van der Waals surface area contributed by atoms with Crippen molar-refractivity contribution in [2.45, 2.75) is 39.0 Å². The number of morpholine rings is 1. The van der Waals surface area contributed by atoms with Crippen LogP contribution in [0.4, 0.5) is 8.78 Å². The third kappa shape index (κ3) is 4.42. The van der Waals surface area contributed by atoms with E-state index in [9.17, 15) is 8.78 Å². The molecule has 5 heteroatoms. The highest BCUT2D eigenvalue weighted by Crippen LogP contribution is 2.24. The van der Waals surface area contributed by atoms with Gasteiger partial charge >= 0.3 is 6.61 Å². The Kier molecular flexibility index (Phi) is 5.31. The minimum atomic E-state index is -2.79. The molecule has 20 heavy (non-hydrogen) atoms. The van der Waals surface area contributed by atoms with Crippen LogP contribution in [-0.4, -0.2) is 25.8 Å². The predicted molar refractivity (Wildman–Crippen MR) is 73.0 cm³/mol. The van der Waals surface area contributed by atoms with Gasteiger partial charge in [-0.2, -0.15) is 8.78 Å². The maximum Gasteiger partial charge on any atom is 0.387 e. The molecule has 1 aromatic rings. The second-order valence-corrected chi connectivity index (χ2v) is 5.50. The van der Waals surface area contributed by atoms with E-state index in [2.05, 4.69) is 23.9 Å². The molecule has 112 valence electrons. The van der Waals surface area contributed by atoms with Crippen LogP contribution in [0.1, 0.15) is 31.9 Å². The van der Waals surface area contributed by atoms with E-state index in [4.69, 9.17) is 4.74 Å². The van der Waals surface area contributed by atoms with Crippen LogP contribution >= 0.6 is 0 Å². The minimum Gasteiger partial charge on any atom is -0.435 e. The Morgan fingerprint density at radius 1 is 1.30 bits per heavy atom. The van der Waals surface area contributed by atoms with Crippen molar-refractivity contribution in [1.82, 2.24) is 5.32 Å². The molecule has 0 spiro atoms. The number of benzene rings is 1. The van der Waals surface area contributed by atoms with E-state index >= 15 is 0 Å². The number of nitrogens with one attached hydrogen (secondary N) is 1. The Balaban J connectivity index is 1.87. The maximum absolute atomic E-state index is 12.1. The molecular weight excluding hydrogens is 264 g/mol. The second-order valence-electron chi connectivity index (χ2n) is 5.50. The molecule has 1 aliphatic rings. The first kappa shape index (κ1) is 15.2. The zero-order chi connectivity index (χ0) is 14.5. The smallest absolute Gasteiger partial charge is 0.387 e.